The highest BCUT2D eigenvalue weighted by Crippen LogP contribution is 2.28. The van der Waals surface area contributed by atoms with Gasteiger partial charge in [-0.25, -0.2) is 0 Å². The Morgan fingerprint density at radius 2 is 1.62 bits per heavy atom. The van der Waals surface area contributed by atoms with Gasteiger partial charge in [0.05, 0.1) is 31.8 Å². The summed E-state index contributed by atoms with van der Waals surface area (Å²) >= 11 is 0. The molecule has 0 unspecified atom stereocenters. The molecule has 4 rings (SSSR count). The number of nitrogens with zero attached hydrogens (tertiary/aromatic N) is 5. The van der Waals surface area contributed by atoms with Gasteiger partial charge in [-0.05, 0) is 12.1 Å². The van der Waals surface area contributed by atoms with E-state index in [0.29, 0.717) is 6.73 Å². The van der Waals surface area contributed by atoms with Crippen LogP contribution in [0.2, 0.25) is 25.7 Å². The third-order valence-electron chi connectivity index (χ3n) is 5.42. The van der Waals surface area contributed by atoms with Gasteiger partial charge < -0.3 is 28.6 Å². The van der Waals surface area contributed by atoms with E-state index in [0.717, 1.165) is 82.0 Å². The molecule has 29 heavy (non-hydrogen) atoms. The molecule has 2 aliphatic rings. The van der Waals surface area contributed by atoms with Gasteiger partial charge in [-0.1, -0.05) is 19.6 Å². The third kappa shape index (κ3) is 5.09. The highest BCUT2D eigenvalue weighted by Gasteiger charge is 2.22. The normalized spacial score (nSPS) is 18.6. The van der Waals surface area contributed by atoms with E-state index in [1.807, 2.05) is 0 Å². The Hall–Kier alpha value is -1.68. The number of hydrogen-bond acceptors (Lipinski definition) is 7. The average Bonchev–Trinajstić information content (AvgIpc) is 3.14. The van der Waals surface area contributed by atoms with E-state index >= 15 is 0 Å². The molecule has 2 aromatic rings. The fraction of sp³-hybridized carbons (Fsp3) is 0.700. The topological polar surface area (TPSA) is 64.9 Å². The molecule has 4 heterocycles. The van der Waals surface area contributed by atoms with Crippen LogP contribution < -0.4 is 9.80 Å². The molecule has 8 nitrogen and oxygen atoms in total. The van der Waals surface area contributed by atoms with E-state index in [9.17, 15) is 0 Å². The smallest absolute Gasteiger partial charge is 0.229 e. The Kier molecular flexibility index (Phi) is 6.38. The number of aromatic nitrogens is 3. The Morgan fingerprint density at radius 3 is 2.28 bits per heavy atom. The van der Waals surface area contributed by atoms with Crippen LogP contribution in [0.1, 0.15) is 0 Å². The lowest BCUT2D eigenvalue weighted by Crippen LogP contribution is -2.39. The average molecular weight is 420 g/mol. The SMILES string of the molecule is C[Si](C)(C)CCOCn1ccc2c(N3CCOCC3)nc(N3CCOCC3)nc21. The molecule has 2 aliphatic heterocycles. The number of ether oxygens (including phenoxy) is 3. The summed E-state index contributed by atoms with van der Waals surface area (Å²) in [5, 5.41) is 1.08. The largest absolute Gasteiger partial charge is 0.378 e. The summed E-state index contributed by atoms with van der Waals surface area (Å²) < 4.78 is 19.2. The van der Waals surface area contributed by atoms with Crippen LogP contribution in [0.25, 0.3) is 11.0 Å². The molecular formula is C20H33N5O3Si. The van der Waals surface area contributed by atoms with Crippen LogP contribution in [0, 0.1) is 0 Å². The molecule has 0 atom stereocenters. The second kappa shape index (κ2) is 8.99. The van der Waals surface area contributed by atoms with Crippen LogP contribution in [0.3, 0.4) is 0 Å². The Balaban J connectivity index is 1.61. The Morgan fingerprint density at radius 1 is 0.966 bits per heavy atom. The standard InChI is InChI=1S/C20H33N5O3Si/c1-29(2,3)15-14-28-16-25-5-4-17-18(23-6-10-26-11-7-23)21-20(22-19(17)25)24-8-12-27-13-9-24/h4-5H,6-16H2,1-3H3. The van der Waals surface area contributed by atoms with Crippen molar-refractivity contribution in [2.24, 2.45) is 0 Å². The first-order chi connectivity index (χ1) is 14.0. The first kappa shape index (κ1) is 20.6. The van der Waals surface area contributed by atoms with Gasteiger partial charge in [0.25, 0.3) is 0 Å². The monoisotopic (exact) mass is 419 g/mol. The predicted molar refractivity (Wildman–Crippen MR) is 118 cm³/mol. The van der Waals surface area contributed by atoms with Gasteiger partial charge in [0, 0.05) is 47.1 Å². The molecule has 0 aliphatic carbocycles. The number of anilines is 2. The molecule has 2 saturated heterocycles. The minimum Gasteiger partial charge on any atom is -0.378 e. The molecule has 0 N–H and O–H groups in total. The van der Waals surface area contributed by atoms with Crippen molar-refractivity contribution in [3.63, 3.8) is 0 Å². The van der Waals surface area contributed by atoms with E-state index < -0.39 is 8.07 Å². The Labute approximate surface area is 173 Å². The van der Waals surface area contributed by atoms with Crippen LogP contribution in [0.5, 0.6) is 0 Å². The van der Waals surface area contributed by atoms with Crippen molar-refractivity contribution < 1.29 is 14.2 Å². The van der Waals surface area contributed by atoms with Crippen LogP contribution in [-0.2, 0) is 20.9 Å². The zero-order chi connectivity index (χ0) is 20.3. The van der Waals surface area contributed by atoms with E-state index in [1.54, 1.807) is 0 Å². The van der Waals surface area contributed by atoms with Crippen molar-refractivity contribution in [1.29, 1.82) is 0 Å². The molecular weight excluding hydrogens is 386 g/mol. The molecule has 0 bridgehead atoms. The van der Waals surface area contributed by atoms with Crippen molar-refractivity contribution >= 4 is 30.9 Å². The van der Waals surface area contributed by atoms with Crippen LogP contribution >= 0.6 is 0 Å². The first-order valence-electron chi connectivity index (χ1n) is 10.6. The maximum atomic E-state index is 6.00. The van der Waals surface area contributed by atoms with Crippen LogP contribution in [0.4, 0.5) is 11.8 Å². The minimum atomic E-state index is -1.09. The molecule has 2 aromatic heterocycles. The van der Waals surface area contributed by atoms with Gasteiger partial charge >= 0.3 is 0 Å². The molecule has 9 heteroatoms. The third-order valence-corrected chi connectivity index (χ3v) is 7.12. The fourth-order valence-corrected chi connectivity index (χ4v) is 4.36. The zero-order valence-electron chi connectivity index (χ0n) is 17.9. The summed E-state index contributed by atoms with van der Waals surface area (Å²) in [5.41, 5.74) is 0.941. The van der Waals surface area contributed by atoms with Gasteiger partial charge in [-0.3, -0.25) is 0 Å². The van der Waals surface area contributed by atoms with Gasteiger partial charge in [0.15, 0.2) is 0 Å². The highest BCUT2D eigenvalue weighted by atomic mass is 28.3. The van der Waals surface area contributed by atoms with Crippen molar-refractivity contribution in [3.05, 3.63) is 12.3 Å². The summed E-state index contributed by atoms with van der Waals surface area (Å²) in [6, 6.07) is 3.28. The van der Waals surface area contributed by atoms with E-state index in [2.05, 4.69) is 46.3 Å². The summed E-state index contributed by atoms with van der Waals surface area (Å²) in [4.78, 5) is 14.4. The highest BCUT2D eigenvalue weighted by molar-refractivity contribution is 6.76. The van der Waals surface area contributed by atoms with Crippen molar-refractivity contribution in [2.45, 2.75) is 32.4 Å². The molecule has 0 radical (unpaired) electrons. The molecule has 0 saturated carbocycles. The predicted octanol–water partition coefficient (Wildman–Crippen LogP) is 2.42. The molecule has 0 spiro atoms. The maximum absolute atomic E-state index is 6.00. The lowest BCUT2D eigenvalue weighted by Gasteiger charge is -2.31. The van der Waals surface area contributed by atoms with E-state index in [1.165, 1.54) is 6.04 Å². The minimum absolute atomic E-state index is 0.524. The summed E-state index contributed by atoms with van der Waals surface area (Å²) in [6.45, 7) is 14.7. The fourth-order valence-electron chi connectivity index (χ4n) is 3.60. The summed E-state index contributed by atoms with van der Waals surface area (Å²) in [6.07, 6.45) is 2.07. The maximum Gasteiger partial charge on any atom is 0.229 e. The van der Waals surface area contributed by atoms with Crippen LogP contribution in [-0.4, -0.2) is 81.8 Å². The van der Waals surface area contributed by atoms with E-state index in [4.69, 9.17) is 24.2 Å². The van der Waals surface area contributed by atoms with Gasteiger partial charge in [-0.15, -0.1) is 0 Å². The van der Waals surface area contributed by atoms with Gasteiger partial charge in [0.1, 0.15) is 18.2 Å². The number of hydrogen-bond donors (Lipinski definition) is 0. The second-order valence-corrected chi connectivity index (χ2v) is 14.5. The van der Waals surface area contributed by atoms with Crippen molar-refractivity contribution in [3.8, 4) is 0 Å². The molecule has 160 valence electrons. The Bertz CT molecular complexity index is 810. The number of fused-ring (bicyclic) bond motifs is 1. The summed E-state index contributed by atoms with van der Waals surface area (Å²) in [5.74, 6) is 1.78. The zero-order valence-corrected chi connectivity index (χ0v) is 18.9. The van der Waals surface area contributed by atoms with Crippen molar-refractivity contribution in [2.75, 3.05) is 69.0 Å². The van der Waals surface area contributed by atoms with E-state index in [-0.39, 0.29) is 0 Å². The number of morpholine rings is 2. The van der Waals surface area contributed by atoms with Crippen molar-refractivity contribution in [1.82, 2.24) is 14.5 Å². The number of rotatable bonds is 7. The lowest BCUT2D eigenvalue weighted by atomic mass is 10.3. The van der Waals surface area contributed by atoms with Gasteiger partial charge in [-0.2, -0.15) is 9.97 Å². The molecule has 2 fully saturated rings. The second-order valence-electron chi connectivity index (χ2n) is 8.92. The molecule has 0 amide bonds. The summed E-state index contributed by atoms with van der Waals surface area (Å²) in [7, 11) is -1.09. The lowest BCUT2D eigenvalue weighted by molar-refractivity contribution is 0.0898. The van der Waals surface area contributed by atoms with Gasteiger partial charge in [0.2, 0.25) is 5.95 Å². The molecule has 0 aromatic carbocycles. The van der Waals surface area contributed by atoms with Crippen LogP contribution in [0.15, 0.2) is 12.3 Å². The quantitative estimate of drug-likeness (QED) is 0.504. The first-order valence-corrected chi connectivity index (χ1v) is 14.3.